The lowest BCUT2D eigenvalue weighted by molar-refractivity contribution is 0.218. The average Bonchev–Trinajstić information content (AvgIpc) is 2.37. The first-order chi connectivity index (χ1) is 5.33. The number of hydrogen-bond donors (Lipinski definition) is 0. The molecule has 66 valence electrons. The normalized spacial score (nSPS) is 31.1. The van der Waals surface area contributed by atoms with Gasteiger partial charge in [0.25, 0.3) is 0 Å². The summed E-state index contributed by atoms with van der Waals surface area (Å²) >= 11 is 2.09. The van der Waals surface area contributed by atoms with Gasteiger partial charge in [-0.3, -0.25) is 0 Å². The third kappa shape index (κ3) is 3.48. The fourth-order valence-electron chi connectivity index (χ4n) is 1.60. The predicted molar refractivity (Wildman–Crippen MR) is 51.1 cm³/mol. The lowest BCUT2D eigenvalue weighted by Crippen LogP contribution is -2.00. The van der Waals surface area contributed by atoms with E-state index in [4.69, 9.17) is 4.74 Å². The molecule has 1 nitrogen and oxygen atoms in total. The van der Waals surface area contributed by atoms with Gasteiger partial charge in [0.2, 0.25) is 0 Å². The van der Waals surface area contributed by atoms with Gasteiger partial charge in [-0.05, 0) is 25.2 Å². The van der Waals surface area contributed by atoms with Crippen LogP contribution in [0.4, 0.5) is 0 Å². The number of ether oxygens (including phenoxy) is 1. The summed E-state index contributed by atoms with van der Waals surface area (Å²) in [4.78, 5) is 0. The van der Waals surface area contributed by atoms with Crippen LogP contribution in [-0.4, -0.2) is 24.7 Å². The highest BCUT2D eigenvalue weighted by Gasteiger charge is 2.20. The third-order valence-electron chi connectivity index (χ3n) is 2.29. The van der Waals surface area contributed by atoms with E-state index < -0.39 is 0 Å². The Labute approximate surface area is 73.9 Å². The van der Waals surface area contributed by atoms with E-state index >= 15 is 0 Å². The van der Waals surface area contributed by atoms with Gasteiger partial charge in [-0.25, -0.2) is 0 Å². The molecular formula is C9H18OS. The van der Waals surface area contributed by atoms with Crippen LogP contribution >= 0.6 is 11.8 Å². The van der Waals surface area contributed by atoms with Crippen molar-refractivity contribution in [1.29, 1.82) is 0 Å². The second-order valence-electron chi connectivity index (χ2n) is 3.40. The van der Waals surface area contributed by atoms with Gasteiger partial charge >= 0.3 is 0 Å². The van der Waals surface area contributed by atoms with E-state index in [9.17, 15) is 0 Å². The Morgan fingerprint density at radius 3 is 2.82 bits per heavy atom. The second kappa shape index (κ2) is 5.04. The van der Waals surface area contributed by atoms with E-state index in [1.807, 2.05) is 0 Å². The summed E-state index contributed by atoms with van der Waals surface area (Å²) in [5.74, 6) is 2.14. The van der Waals surface area contributed by atoms with Crippen molar-refractivity contribution in [3.8, 4) is 0 Å². The summed E-state index contributed by atoms with van der Waals surface area (Å²) < 4.78 is 5.01. The fraction of sp³-hybridized carbons (Fsp3) is 1.00. The highest BCUT2D eigenvalue weighted by Crippen LogP contribution is 2.33. The van der Waals surface area contributed by atoms with Crippen LogP contribution in [0.3, 0.4) is 0 Å². The topological polar surface area (TPSA) is 9.23 Å². The molecule has 0 saturated heterocycles. The molecule has 0 aromatic carbocycles. The first kappa shape index (κ1) is 9.40. The second-order valence-corrected chi connectivity index (χ2v) is 4.81. The Kier molecular flexibility index (Phi) is 4.31. The van der Waals surface area contributed by atoms with Gasteiger partial charge in [0.1, 0.15) is 0 Å². The van der Waals surface area contributed by atoms with Crippen molar-refractivity contribution in [3.63, 3.8) is 0 Å². The molecule has 0 amide bonds. The molecule has 2 heteroatoms. The van der Waals surface area contributed by atoms with Gasteiger partial charge in [-0.15, -0.1) is 0 Å². The molecule has 1 fully saturated rings. The highest BCUT2D eigenvalue weighted by molar-refractivity contribution is 7.99. The maximum Gasteiger partial charge on any atom is 0.0553 e. The fourth-order valence-corrected chi connectivity index (χ4v) is 2.97. The minimum atomic E-state index is 0.912. The largest absolute Gasteiger partial charge is 0.384 e. The quantitative estimate of drug-likeness (QED) is 0.606. The Bertz CT molecular complexity index is 106. The van der Waals surface area contributed by atoms with Crippen molar-refractivity contribution in [2.24, 2.45) is 5.92 Å². The SMILES string of the molecule is COCCSC1CCC(C)C1. The van der Waals surface area contributed by atoms with Crippen LogP contribution in [0.15, 0.2) is 0 Å². The Morgan fingerprint density at radius 1 is 1.45 bits per heavy atom. The maximum absolute atomic E-state index is 5.01. The first-order valence-electron chi connectivity index (χ1n) is 4.43. The van der Waals surface area contributed by atoms with Crippen molar-refractivity contribution < 1.29 is 4.74 Å². The molecule has 1 aliphatic carbocycles. The van der Waals surface area contributed by atoms with Crippen LogP contribution in [-0.2, 0) is 4.74 Å². The first-order valence-corrected chi connectivity index (χ1v) is 5.48. The molecule has 0 radical (unpaired) electrons. The zero-order valence-corrected chi connectivity index (χ0v) is 8.32. The maximum atomic E-state index is 5.01. The van der Waals surface area contributed by atoms with E-state index in [0.717, 1.165) is 17.8 Å². The molecule has 2 unspecified atom stereocenters. The minimum absolute atomic E-state index is 0.912. The molecule has 1 saturated carbocycles. The summed E-state index contributed by atoms with van der Waals surface area (Å²) in [6, 6.07) is 0. The molecule has 0 aliphatic heterocycles. The summed E-state index contributed by atoms with van der Waals surface area (Å²) in [5, 5.41) is 0.931. The Balaban J connectivity index is 1.99. The molecular weight excluding hydrogens is 156 g/mol. The number of hydrogen-bond acceptors (Lipinski definition) is 2. The smallest absolute Gasteiger partial charge is 0.0553 e. The molecule has 0 N–H and O–H groups in total. The molecule has 0 heterocycles. The third-order valence-corrected chi connectivity index (χ3v) is 3.59. The Hall–Kier alpha value is 0.310. The van der Waals surface area contributed by atoms with Crippen LogP contribution in [0.25, 0.3) is 0 Å². The van der Waals surface area contributed by atoms with Crippen molar-refractivity contribution in [3.05, 3.63) is 0 Å². The van der Waals surface area contributed by atoms with E-state index in [1.165, 1.54) is 25.0 Å². The average molecular weight is 174 g/mol. The molecule has 0 bridgehead atoms. The lowest BCUT2D eigenvalue weighted by atomic mass is 10.1. The summed E-state index contributed by atoms with van der Waals surface area (Å²) in [7, 11) is 1.78. The molecule has 0 aromatic rings. The van der Waals surface area contributed by atoms with Gasteiger partial charge in [0.05, 0.1) is 6.61 Å². The monoisotopic (exact) mass is 174 g/mol. The van der Waals surface area contributed by atoms with Gasteiger partial charge in [0.15, 0.2) is 0 Å². The van der Waals surface area contributed by atoms with Crippen LogP contribution in [0.2, 0.25) is 0 Å². The zero-order valence-electron chi connectivity index (χ0n) is 7.51. The summed E-state index contributed by atoms with van der Waals surface area (Å²) in [6.07, 6.45) is 4.29. The van der Waals surface area contributed by atoms with Crippen molar-refractivity contribution in [2.45, 2.75) is 31.4 Å². The van der Waals surface area contributed by atoms with Gasteiger partial charge < -0.3 is 4.74 Å². The minimum Gasteiger partial charge on any atom is -0.384 e. The molecule has 11 heavy (non-hydrogen) atoms. The van der Waals surface area contributed by atoms with Crippen LogP contribution in [0.5, 0.6) is 0 Å². The summed E-state index contributed by atoms with van der Waals surface area (Å²) in [6.45, 7) is 3.27. The zero-order chi connectivity index (χ0) is 8.10. The molecule has 1 rings (SSSR count). The van der Waals surface area contributed by atoms with Gasteiger partial charge in [0, 0.05) is 18.1 Å². The highest BCUT2D eigenvalue weighted by atomic mass is 32.2. The molecule has 1 aliphatic rings. The van der Waals surface area contributed by atoms with Crippen LogP contribution in [0, 0.1) is 5.92 Å². The number of rotatable bonds is 4. The lowest BCUT2D eigenvalue weighted by Gasteiger charge is -2.07. The molecule has 0 spiro atoms. The van der Waals surface area contributed by atoms with Crippen LogP contribution in [0.1, 0.15) is 26.2 Å². The standard InChI is InChI=1S/C9H18OS/c1-8-3-4-9(7-8)11-6-5-10-2/h8-9H,3-7H2,1-2H3. The van der Waals surface area contributed by atoms with E-state index in [1.54, 1.807) is 7.11 Å². The van der Waals surface area contributed by atoms with Crippen molar-refractivity contribution >= 4 is 11.8 Å². The van der Waals surface area contributed by atoms with Gasteiger partial charge in [-0.2, -0.15) is 11.8 Å². The number of methoxy groups -OCH3 is 1. The van der Waals surface area contributed by atoms with E-state index in [0.29, 0.717) is 0 Å². The van der Waals surface area contributed by atoms with E-state index in [-0.39, 0.29) is 0 Å². The molecule has 0 aromatic heterocycles. The molecule has 2 atom stereocenters. The number of thioether (sulfide) groups is 1. The summed E-state index contributed by atoms with van der Waals surface area (Å²) in [5.41, 5.74) is 0. The van der Waals surface area contributed by atoms with E-state index in [2.05, 4.69) is 18.7 Å². The Morgan fingerprint density at radius 2 is 2.27 bits per heavy atom. The van der Waals surface area contributed by atoms with Crippen molar-refractivity contribution in [1.82, 2.24) is 0 Å². The van der Waals surface area contributed by atoms with Crippen LogP contribution < -0.4 is 0 Å². The van der Waals surface area contributed by atoms with Crippen molar-refractivity contribution in [2.75, 3.05) is 19.5 Å². The predicted octanol–water partition coefficient (Wildman–Crippen LogP) is 2.55. The van der Waals surface area contributed by atoms with Gasteiger partial charge in [-0.1, -0.05) is 6.92 Å².